The Balaban J connectivity index is 2.58. The number of nitrogens with zero attached hydrogens (tertiary/aromatic N) is 1. The molecule has 0 spiro atoms. The van der Waals surface area contributed by atoms with Crippen LogP contribution in [0.5, 0.6) is 0 Å². The summed E-state index contributed by atoms with van der Waals surface area (Å²) >= 11 is 4.84. The van der Waals surface area contributed by atoms with Gasteiger partial charge < -0.3 is 5.11 Å². The molecule has 0 bridgehead atoms. The van der Waals surface area contributed by atoms with Crippen LogP contribution < -0.4 is 0 Å². The van der Waals surface area contributed by atoms with Gasteiger partial charge in [-0.25, -0.2) is 9.78 Å². The first-order valence-corrected chi connectivity index (χ1v) is 7.10. The average molecular weight is 326 g/mol. The molecule has 5 heteroatoms. The molecule has 0 radical (unpaired) electrons. The average Bonchev–Trinajstić information content (AvgIpc) is 2.73. The molecular formula is C13H12BrNO2S. The van der Waals surface area contributed by atoms with Crippen molar-refractivity contribution in [1.82, 2.24) is 4.98 Å². The van der Waals surface area contributed by atoms with Gasteiger partial charge in [-0.2, -0.15) is 0 Å². The predicted molar refractivity (Wildman–Crippen MR) is 76.3 cm³/mol. The molecule has 0 saturated heterocycles. The Morgan fingerprint density at radius 2 is 2.17 bits per heavy atom. The Labute approximate surface area is 118 Å². The highest BCUT2D eigenvalue weighted by Gasteiger charge is 2.20. The Hall–Kier alpha value is -1.20. The van der Waals surface area contributed by atoms with E-state index in [1.165, 1.54) is 11.3 Å². The molecule has 0 aliphatic heterocycles. The molecule has 0 aliphatic rings. The number of rotatable bonds is 3. The molecule has 94 valence electrons. The number of benzene rings is 1. The van der Waals surface area contributed by atoms with E-state index in [2.05, 4.69) is 20.9 Å². The van der Waals surface area contributed by atoms with E-state index in [1.54, 1.807) is 0 Å². The minimum atomic E-state index is -0.979. The van der Waals surface area contributed by atoms with Crippen LogP contribution in [0.15, 0.2) is 28.7 Å². The zero-order valence-electron chi connectivity index (χ0n) is 9.98. The zero-order valence-corrected chi connectivity index (χ0v) is 12.4. The van der Waals surface area contributed by atoms with Gasteiger partial charge in [0.05, 0.1) is 9.88 Å². The number of hydrogen-bond acceptors (Lipinski definition) is 3. The summed E-state index contributed by atoms with van der Waals surface area (Å²) in [7, 11) is 0. The normalized spacial score (nSPS) is 10.9. The van der Waals surface area contributed by atoms with Gasteiger partial charge in [-0.1, -0.05) is 41.9 Å². The fraction of sp³-hybridized carbons (Fsp3) is 0.231. The van der Waals surface area contributed by atoms with Crippen molar-refractivity contribution in [3.8, 4) is 10.4 Å². The van der Waals surface area contributed by atoms with Gasteiger partial charge >= 0.3 is 5.97 Å². The second-order valence-electron chi connectivity index (χ2n) is 4.20. The van der Waals surface area contributed by atoms with Gasteiger partial charge in [0.1, 0.15) is 0 Å². The molecule has 0 unspecified atom stereocenters. The number of carboxylic acid groups (broad SMARTS) is 1. The summed E-state index contributed by atoms with van der Waals surface area (Å²) in [5.41, 5.74) is 1.02. The van der Waals surface area contributed by atoms with Crippen LogP contribution in [0.1, 0.15) is 35.3 Å². The van der Waals surface area contributed by atoms with Crippen molar-refractivity contribution in [2.45, 2.75) is 19.8 Å². The number of aromatic carboxylic acids is 1. The van der Waals surface area contributed by atoms with Crippen molar-refractivity contribution in [3.05, 3.63) is 39.4 Å². The van der Waals surface area contributed by atoms with Crippen LogP contribution in [0.2, 0.25) is 0 Å². The summed E-state index contributed by atoms with van der Waals surface area (Å²) < 4.78 is 0.927. The van der Waals surface area contributed by atoms with Crippen molar-refractivity contribution in [2.24, 2.45) is 0 Å². The minimum Gasteiger partial charge on any atom is -0.476 e. The molecule has 1 aromatic heterocycles. The molecule has 1 N–H and O–H groups in total. The van der Waals surface area contributed by atoms with Gasteiger partial charge in [-0.15, -0.1) is 11.3 Å². The summed E-state index contributed by atoms with van der Waals surface area (Å²) in [6, 6.07) is 7.60. The maximum absolute atomic E-state index is 11.2. The molecule has 3 nitrogen and oxygen atoms in total. The van der Waals surface area contributed by atoms with Crippen LogP contribution in [-0.4, -0.2) is 16.1 Å². The molecule has 0 fully saturated rings. The molecule has 0 saturated carbocycles. The molecule has 0 atom stereocenters. The van der Waals surface area contributed by atoms with Crippen molar-refractivity contribution in [2.75, 3.05) is 0 Å². The lowest BCUT2D eigenvalue weighted by molar-refractivity contribution is 0.0692. The summed E-state index contributed by atoms with van der Waals surface area (Å²) in [4.78, 5) is 16.2. The first kappa shape index (κ1) is 13.2. The van der Waals surface area contributed by atoms with Crippen molar-refractivity contribution >= 4 is 33.2 Å². The van der Waals surface area contributed by atoms with Gasteiger partial charge in [-0.3, -0.25) is 0 Å². The van der Waals surface area contributed by atoms with Gasteiger partial charge in [0, 0.05) is 10.4 Å². The molecule has 2 aromatic rings. The van der Waals surface area contributed by atoms with E-state index in [1.807, 2.05) is 38.1 Å². The van der Waals surface area contributed by atoms with Crippen molar-refractivity contribution < 1.29 is 9.90 Å². The lowest BCUT2D eigenvalue weighted by atomic mass is 10.1. The highest BCUT2D eigenvalue weighted by molar-refractivity contribution is 9.10. The van der Waals surface area contributed by atoms with E-state index < -0.39 is 5.97 Å². The maximum atomic E-state index is 11.2. The molecule has 0 amide bonds. The number of hydrogen-bond donors (Lipinski definition) is 1. The lowest BCUT2D eigenvalue weighted by Crippen LogP contribution is -1.99. The third-order valence-electron chi connectivity index (χ3n) is 2.43. The van der Waals surface area contributed by atoms with Gasteiger partial charge in [-0.05, 0) is 17.7 Å². The molecular weight excluding hydrogens is 314 g/mol. The molecule has 18 heavy (non-hydrogen) atoms. The summed E-state index contributed by atoms with van der Waals surface area (Å²) in [6.07, 6.45) is 0. The number of halogens is 1. The first-order chi connectivity index (χ1) is 8.49. The molecule has 1 heterocycles. The summed E-state index contributed by atoms with van der Waals surface area (Å²) in [5, 5.41) is 10.1. The fourth-order valence-electron chi connectivity index (χ4n) is 1.55. The Bertz CT molecular complexity index is 592. The van der Waals surface area contributed by atoms with Gasteiger partial charge in [0.15, 0.2) is 5.69 Å². The third-order valence-corrected chi connectivity index (χ3v) is 4.33. The molecule has 1 aromatic carbocycles. The monoisotopic (exact) mass is 325 g/mol. The van der Waals surface area contributed by atoms with Crippen molar-refractivity contribution in [3.63, 3.8) is 0 Å². The Morgan fingerprint density at radius 3 is 2.72 bits per heavy atom. The van der Waals surface area contributed by atoms with Crippen molar-refractivity contribution in [1.29, 1.82) is 0 Å². The minimum absolute atomic E-state index is 0.141. The number of carboxylic acids is 1. The second kappa shape index (κ2) is 5.20. The van der Waals surface area contributed by atoms with E-state index in [9.17, 15) is 9.90 Å². The number of carbonyl (C=O) groups is 1. The summed E-state index contributed by atoms with van der Waals surface area (Å²) in [6.45, 7) is 4.02. The van der Waals surface area contributed by atoms with Crippen LogP contribution in [0.25, 0.3) is 10.4 Å². The highest BCUT2D eigenvalue weighted by atomic mass is 79.9. The highest BCUT2D eigenvalue weighted by Crippen LogP contribution is 2.34. The van der Waals surface area contributed by atoms with Gasteiger partial charge in [0.25, 0.3) is 0 Å². The van der Waals surface area contributed by atoms with E-state index in [0.717, 1.165) is 15.0 Å². The fourth-order valence-corrected chi connectivity index (χ4v) is 3.01. The topological polar surface area (TPSA) is 50.2 Å². The van der Waals surface area contributed by atoms with Crippen LogP contribution >= 0.6 is 27.3 Å². The summed E-state index contributed by atoms with van der Waals surface area (Å²) in [5.74, 6) is -0.748. The van der Waals surface area contributed by atoms with Gasteiger partial charge in [0.2, 0.25) is 0 Å². The SMILES string of the molecule is CC(C)c1nc(C(=O)O)c(-c2cccc(Br)c2)s1. The number of thiazole rings is 1. The van der Waals surface area contributed by atoms with Crippen LogP contribution in [0.4, 0.5) is 0 Å². The van der Waals surface area contributed by atoms with E-state index in [0.29, 0.717) is 4.88 Å². The Morgan fingerprint density at radius 1 is 1.44 bits per heavy atom. The van der Waals surface area contributed by atoms with Crippen LogP contribution in [-0.2, 0) is 0 Å². The molecule has 2 rings (SSSR count). The number of aromatic nitrogens is 1. The van der Waals surface area contributed by atoms with Crippen LogP contribution in [0, 0.1) is 0 Å². The van der Waals surface area contributed by atoms with Crippen LogP contribution in [0.3, 0.4) is 0 Å². The van der Waals surface area contributed by atoms with E-state index >= 15 is 0 Å². The smallest absolute Gasteiger partial charge is 0.356 e. The molecule has 0 aliphatic carbocycles. The zero-order chi connectivity index (χ0) is 13.3. The first-order valence-electron chi connectivity index (χ1n) is 5.49. The quantitative estimate of drug-likeness (QED) is 0.910. The van der Waals surface area contributed by atoms with E-state index in [-0.39, 0.29) is 11.6 Å². The largest absolute Gasteiger partial charge is 0.476 e. The third kappa shape index (κ3) is 2.62. The predicted octanol–water partition coefficient (Wildman–Crippen LogP) is 4.39. The second-order valence-corrected chi connectivity index (χ2v) is 6.15. The lowest BCUT2D eigenvalue weighted by Gasteiger charge is -1.99. The maximum Gasteiger partial charge on any atom is 0.356 e. The Kier molecular flexibility index (Phi) is 3.82. The van der Waals surface area contributed by atoms with E-state index in [4.69, 9.17) is 0 Å². The standard InChI is InChI=1S/C13H12BrNO2S/c1-7(2)12-15-10(13(16)17)11(18-12)8-4-3-5-9(14)6-8/h3-7H,1-2H3,(H,16,17).